The molecule has 0 bridgehead atoms. The summed E-state index contributed by atoms with van der Waals surface area (Å²) in [6.45, 7) is 6.50. The molecule has 2 amide bonds. The summed E-state index contributed by atoms with van der Waals surface area (Å²) in [5.74, 6) is 0.720. The highest BCUT2D eigenvalue weighted by atomic mass is 32.1. The highest BCUT2D eigenvalue weighted by Gasteiger charge is 2.27. The van der Waals surface area contributed by atoms with E-state index in [9.17, 15) is 9.59 Å². The maximum Gasteiger partial charge on any atom is 0.253 e. The molecule has 0 radical (unpaired) electrons. The number of rotatable bonds is 3. The Hall–Kier alpha value is -2.21. The standard InChI is InChI=1S/C21H25N3O2S/c1-14-15(2)27-20(22-14)16-9-12-23(13-10-16)21(26)17-5-7-18(8-6-17)24-11-3-4-19(24)25/h5-8,16H,3-4,9-13H2,1-2H3. The summed E-state index contributed by atoms with van der Waals surface area (Å²) < 4.78 is 0. The van der Waals surface area contributed by atoms with Gasteiger partial charge in [0, 0.05) is 48.1 Å². The van der Waals surface area contributed by atoms with E-state index in [1.54, 1.807) is 16.2 Å². The molecular formula is C21H25N3O2S. The van der Waals surface area contributed by atoms with Crippen molar-refractivity contribution in [1.29, 1.82) is 0 Å². The minimum atomic E-state index is 0.0826. The fraction of sp³-hybridized carbons (Fsp3) is 0.476. The van der Waals surface area contributed by atoms with Gasteiger partial charge in [0.05, 0.1) is 10.7 Å². The Bertz CT molecular complexity index is 831. The van der Waals surface area contributed by atoms with Crippen LogP contribution in [0.4, 0.5) is 5.69 Å². The number of likely N-dealkylation sites (tertiary alicyclic amines) is 1. The second kappa shape index (κ2) is 7.43. The lowest BCUT2D eigenvalue weighted by molar-refractivity contribution is -0.117. The fourth-order valence-corrected chi connectivity index (χ4v) is 4.98. The molecule has 5 nitrogen and oxygen atoms in total. The summed E-state index contributed by atoms with van der Waals surface area (Å²) in [7, 11) is 0. The average molecular weight is 384 g/mol. The zero-order chi connectivity index (χ0) is 19.0. The number of piperidine rings is 1. The Balaban J connectivity index is 1.38. The van der Waals surface area contributed by atoms with Crippen molar-refractivity contribution in [2.24, 2.45) is 0 Å². The first-order valence-corrected chi connectivity index (χ1v) is 10.5. The van der Waals surface area contributed by atoms with Crippen LogP contribution in [0, 0.1) is 13.8 Å². The van der Waals surface area contributed by atoms with Crippen molar-refractivity contribution in [2.75, 3.05) is 24.5 Å². The second-order valence-corrected chi connectivity index (χ2v) is 8.69. The molecule has 0 spiro atoms. The number of benzene rings is 1. The Labute approximate surface area is 164 Å². The molecular weight excluding hydrogens is 358 g/mol. The first kappa shape index (κ1) is 18.2. The molecule has 2 saturated heterocycles. The normalized spacial score (nSPS) is 18.4. The van der Waals surface area contributed by atoms with Gasteiger partial charge in [-0.3, -0.25) is 9.59 Å². The summed E-state index contributed by atoms with van der Waals surface area (Å²) >= 11 is 1.79. The SMILES string of the molecule is Cc1nc(C2CCN(C(=O)c3ccc(N4CCCC4=O)cc3)CC2)sc1C. The topological polar surface area (TPSA) is 53.5 Å². The van der Waals surface area contributed by atoms with Crippen molar-refractivity contribution in [3.63, 3.8) is 0 Å². The van der Waals surface area contributed by atoms with Gasteiger partial charge in [-0.1, -0.05) is 0 Å². The van der Waals surface area contributed by atoms with Crippen LogP contribution < -0.4 is 4.90 Å². The highest BCUT2D eigenvalue weighted by Crippen LogP contribution is 2.32. The molecule has 142 valence electrons. The molecule has 3 heterocycles. The largest absolute Gasteiger partial charge is 0.339 e. The van der Waals surface area contributed by atoms with Gasteiger partial charge in [-0.2, -0.15) is 0 Å². The lowest BCUT2D eigenvalue weighted by Gasteiger charge is -2.31. The van der Waals surface area contributed by atoms with Gasteiger partial charge >= 0.3 is 0 Å². The molecule has 4 rings (SSSR count). The van der Waals surface area contributed by atoms with Gasteiger partial charge in [-0.05, 0) is 57.4 Å². The van der Waals surface area contributed by atoms with Gasteiger partial charge < -0.3 is 9.80 Å². The minimum Gasteiger partial charge on any atom is -0.339 e. The summed E-state index contributed by atoms with van der Waals surface area (Å²) in [6, 6.07) is 7.49. The van der Waals surface area contributed by atoms with Crippen LogP contribution in [0.3, 0.4) is 0 Å². The number of hydrogen-bond donors (Lipinski definition) is 0. The van der Waals surface area contributed by atoms with Crippen molar-refractivity contribution >= 4 is 28.8 Å². The van der Waals surface area contributed by atoms with E-state index in [-0.39, 0.29) is 11.8 Å². The third-order valence-corrected chi connectivity index (χ3v) is 6.91. The number of carbonyl (C=O) groups is 2. The number of anilines is 1. The molecule has 27 heavy (non-hydrogen) atoms. The number of carbonyl (C=O) groups excluding carboxylic acids is 2. The van der Waals surface area contributed by atoms with Crippen LogP contribution in [0.15, 0.2) is 24.3 Å². The maximum atomic E-state index is 12.8. The van der Waals surface area contributed by atoms with Crippen molar-refractivity contribution < 1.29 is 9.59 Å². The quantitative estimate of drug-likeness (QED) is 0.808. The van der Waals surface area contributed by atoms with Crippen molar-refractivity contribution in [2.45, 2.75) is 45.4 Å². The molecule has 0 aliphatic carbocycles. The predicted molar refractivity (Wildman–Crippen MR) is 107 cm³/mol. The maximum absolute atomic E-state index is 12.8. The Morgan fingerprint density at radius 1 is 1.11 bits per heavy atom. The van der Waals surface area contributed by atoms with E-state index in [4.69, 9.17) is 4.98 Å². The molecule has 2 aliphatic rings. The summed E-state index contributed by atoms with van der Waals surface area (Å²) in [6.07, 6.45) is 3.47. The van der Waals surface area contributed by atoms with Crippen LogP contribution in [-0.2, 0) is 4.79 Å². The number of aryl methyl sites for hydroxylation is 2. The van der Waals surface area contributed by atoms with Crippen LogP contribution in [0.5, 0.6) is 0 Å². The molecule has 2 aliphatic heterocycles. The van der Waals surface area contributed by atoms with Crippen LogP contribution >= 0.6 is 11.3 Å². The number of hydrogen-bond acceptors (Lipinski definition) is 4. The van der Waals surface area contributed by atoms with E-state index < -0.39 is 0 Å². The Morgan fingerprint density at radius 2 is 1.81 bits per heavy atom. The van der Waals surface area contributed by atoms with Gasteiger partial charge in [-0.25, -0.2) is 4.98 Å². The fourth-order valence-electron chi connectivity index (χ4n) is 3.89. The van der Waals surface area contributed by atoms with E-state index >= 15 is 0 Å². The van der Waals surface area contributed by atoms with Gasteiger partial charge in [-0.15, -0.1) is 11.3 Å². The first-order valence-electron chi connectivity index (χ1n) is 9.66. The van der Waals surface area contributed by atoms with E-state index in [0.717, 1.165) is 50.3 Å². The van der Waals surface area contributed by atoms with E-state index in [2.05, 4.69) is 13.8 Å². The molecule has 2 aromatic rings. The lowest BCUT2D eigenvalue weighted by atomic mass is 9.97. The molecule has 1 aromatic carbocycles. The number of thiazole rings is 1. The van der Waals surface area contributed by atoms with E-state index in [0.29, 0.717) is 17.9 Å². The molecule has 2 fully saturated rings. The van der Waals surface area contributed by atoms with Crippen molar-refractivity contribution in [3.05, 3.63) is 45.4 Å². The zero-order valence-electron chi connectivity index (χ0n) is 15.9. The summed E-state index contributed by atoms with van der Waals surface area (Å²) in [5.41, 5.74) is 2.72. The first-order chi connectivity index (χ1) is 13.0. The van der Waals surface area contributed by atoms with Gasteiger partial charge in [0.15, 0.2) is 0 Å². The molecule has 0 atom stereocenters. The minimum absolute atomic E-state index is 0.0826. The second-order valence-electron chi connectivity index (χ2n) is 7.46. The third kappa shape index (κ3) is 3.63. The smallest absolute Gasteiger partial charge is 0.253 e. The molecule has 0 N–H and O–H groups in total. The van der Waals surface area contributed by atoms with Crippen molar-refractivity contribution in [1.82, 2.24) is 9.88 Å². The van der Waals surface area contributed by atoms with Gasteiger partial charge in [0.2, 0.25) is 5.91 Å². The summed E-state index contributed by atoms with van der Waals surface area (Å²) in [4.78, 5) is 34.4. The average Bonchev–Trinajstić information content (AvgIpc) is 3.27. The van der Waals surface area contributed by atoms with Gasteiger partial charge in [0.1, 0.15) is 0 Å². The van der Waals surface area contributed by atoms with Crippen LogP contribution in [0.1, 0.15) is 57.5 Å². The molecule has 0 saturated carbocycles. The Morgan fingerprint density at radius 3 is 2.37 bits per heavy atom. The Kier molecular flexibility index (Phi) is 5.00. The highest BCUT2D eigenvalue weighted by molar-refractivity contribution is 7.11. The van der Waals surface area contributed by atoms with Crippen LogP contribution in [0.25, 0.3) is 0 Å². The van der Waals surface area contributed by atoms with Crippen molar-refractivity contribution in [3.8, 4) is 0 Å². The number of amides is 2. The molecule has 0 unspecified atom stereocenters. The van der Waals surface area contributed by atoms with E-state index in [1.165, 1.54) is 9.88 Å². The zero-order valence-corrected chi connectivity index (χ0v) is 16.7. The lowest BCUT2D eigenvalue weighted by Crippen LogP contribution is -2.37. The van der Waals surface area contributed by atoms with Gasteiger partial charge in [0.25, 0.3) is 5.91 Å². The number of aromatic nitrogens is 1. The molecule has 6 heteroatoms. The predicted octanol–water partition coefficient (Wildman–Crippen LogP) is 3.91. The third-order valence-electron chi connectivity index (χ3n) is 5.68. The monoisotopic (exact) mass is 383 g/mol. The number of nitrogens with zero attached hydrogens (tertiary/aromatic N) is 3. The van der Waals surface area contributed by atoms with Crippen LogP contribution in [0.2, 0.25) is 0 Å². The van der Waals surface area contributed by atoms with Crippen LogP contribution in [-0.4, -0.2) is 41.3 Å². The van der Waals surface area contributed by atoms with E-state index in [1.807, 2.05) is 29.2 Å². The molecule has 1 aromatic heterocycles. The summed E-state index contributed by atoms with van der Waals surface area (Å²) in [5, 5.41) is 1.22.